The van der Waals surface area contributed by atoms with Gasteiger partial charge in [0, 0.05) is 62.4 Å². The lowest BCUT2D eigenvalue weighted by Gasteiger charge is -2.34. The van der Waals surface area contributed by atoms with Gasteiger partial charge >= 0.3 is 6.18 Å². The second-order valence-electron chi connectivity index (χ2n) is 10.3. The number of nitrogens with one attached hydrogen (secondary N) is 1. The van der Waals surface area contributed by atoms with Gasteiger partial charge in [-0.3, -0.25) is 4.79 Å². The van der Waals surface area contributed by atoms with Crippen LogP contribution in [0.5, 0.6) is 0 Å². The Balaban J connectivity index is 1.15. The number of fused-ring (bicyclic) bond motifs is 1. The highest BCUT2D eigenvalue weighted by Gasteiger charge is 2.46. The second kappa shape index (κ2) is 8.76. The van der Waals surface area contributed by atoms with Gasteiger partial charge in [0.15, 0.2) is 0 Å². The molecule has 8 nitrogen and oxygen atoms in total. The van der Waals surface area contributed by atoms with E-state index in [1.807, 2.05) is 4.90 Å². The standard InChI is InChI=1S/C24H30F3N7O/c25-24(26,27)18-12-20(35)30-21-17(18)13-28-23(31-21)33-8-4-16(5-9-33)22-29-19(15-2-3-15)14-34(22)11-10-32-6-1-7-32/h13-16,18H,1-12H2,(H,28,30,31,35)/t18-/m1/s1. The molecular weight excluding hydrogens is 459 g/mol. The summed E-state index contributed by atoms with van der Waals surface area (Å²) >= 11 is 0. The first-order valence-electron chi connectivity index (χ1n) is 12.6. The van der Waals surface area contributed by atoms with Crippen LogP contribution in [-0.4, -0.2) is 69.2 Å². The molecule has 5 heterocycles. The van der Waals surface area contributed by atoms with Crippen molar-refractivity contribution in [1.82, 2.24) is 24.4 Å². The van der Waals surface area contributed by atoms with Gasteiger partial charge in [0.2, 0.25) is 11.9 Å². The lowest BCUT2D eigenvalue weighted by Crippen LogP contribution is -2.39. The predicted molar refractivity (Wildman–Crippen MR) is 124 cm³/mol. The molecule has 2 aromatic rings. The van der Waals surface area contributed by atoms with Crippen molar-refractivity contribution in [2.45, 2.75) is 69.0 Å². The molecule has 188 valence electrons. The quantitative estimate of drug-likeness (QED) is 0.668. The van der Waals surface area contributed by atoms with Crippen LogP contribution in [-0.2, 0) is 11.3 Å². The number of aromatic nitrogens is 4. The molecule has 0 spiro atoms. The predicted octanol–water partition coefficient (Wildman–Crippen LogP) is 3.63. The monoisotopic (exact) mass is 489 g/mol. The van der Waals surface area contributed by atoms with E-state index < -0.39 is 24.4 Å². The summed E-state index contributed by atoms with van der Waals surface area (Å²) in [6.07, 6.45) is 3.84. The van der Waals surface area contributed by atoms with Crippen LogP contribution >= 0.6 is 0 Å². The number of rotatable bonds is 6. The molecule has 1 N–H and O–H groups in total. The zero-order valence-corrected chi connectivity index (χ0v) is 19.6. The number of nitrogens with zero attached hydrogens (tertiary/aromatic N) is 6. The van der Waals surface area contributed by atoms with E-state index in [9.17, 15) is 18.0 Å². The highest BCUT2D eigenvalue weighted by Crippen LogP contribution is 2.43. The Kier molecular flexibility index (Phi) is 5.69. The van der Waals surface area contributed by atoms with E-state index in [-0.39, 0.29) is 11.4 Å². The summed E-state index contributed by atoms with van der Waals surface area (Å²) < 4.78 is 42.6. The van der Waals surface area contributed by atoms with Crippen LogP contribution in [0.2, 0.25) is 0 Å². The Hall–Kier alpha value is -2.69. The van der Waals surface area contributed by atoms with Crippen molar-refractivity contribution in [2.75, 3.05) is 42.9 Å². The summed E-state index contributed by atoms with van der Waals surface area (Å²) in [4.78, 5) is 30.0. The van der Waals surface area contributed by atoms with E-state index >= 15 is 0 Å². The van der Waals surface area contributed by atoms with Crippen molar-refractivity contribution in [1.29, 1.82) is 0 Å². The first-order chi connectivity index (χ1) is 16.8. The fraction of sp³-hybridized carbons (Fsp3) is 0.667. The SMILES string of the molecule is O=C1C[C@@H](C(F)(F)F)c2cnc(N3CCC(c4nc(C5CC5)cn4CCN4CCC4)CC3)nc2N1. The van der Waals surface area contributed by atoms with E-state index in [0.29, 0.717) is 30.9 Å². The van der Waals surface area contributed by atoms with Crippen LogP contribution in [0.15, 0.2) is 12.4 Å². The third-order valence-electron chi connectivity index (χ3n) is 7.79. The molecule has 1 atom stereocenters. The number of carbonyl (C=O) groups excluding carboxylic acids is 1. The highest BCUT2D eigenvalue weighted by molar-refractivity contribution is 5.93. The molecule has 4 aliphatic rings. The van der Waals surface area contributed by atoms with Gasteiger partial charge in [-0.15, -0.1) is 0 Å². The van der Waals surface area contributed by atoms with Gasteiger partial charge in [0.25, 0.3) is 0 Å². The number of hydrogen-bond acceptors (Lipinski definition) is 6. The summed E-state index contributed by atoms with van der Waals surface area (Å²) in [5.74, 6) is -0.0718. The minimum absolute atomic E-state index is 0.0219. The van der Waals surface area contributed by atoms with Gasteiger partial charge in [0.1, 0.15) is 11.6 Å². The number of imidazole rings is 1. The van der Waals surface area contributed by atoms with Crippen LogP contribution in [0.4, 0.5) is 24.9 Å². The van der Waals surface area contributed by atoms with Gasteiger partial charge in [-0.25, -0.2) is 9.97 Å². The Labute approximate surface area is 201 Å². The summed E-state index contributed by atoms with van der Waals surface area (Å²) in [6, 6.07) is 0. The van der Waals surface area contributed by atoms with Gasteiger partial charge < -0.3 is 19.7 Å². The summed E-state index contributed by atoms with van der Waals surface area (Å²) in [5.41, 5.74) is 1.16. The van der Waals surface area contributed by atoms with Crippen LogP contribution in [0.3, 0.4) is 0 Å². The van der Waals surface area contributed by atoms with Crippen LogP contribution in [0, 0.1) is 0 Å². The van der Waals surface area contributed by atoms with Crippen molar-refractivity contribution in [3.63, 3.8) is 0 Å². The van der Waals surface area contributed by atoms with Crippen molar-refractivity contribution < 1.29 is 18.0 Å². The molecule has 35 heavy (non-hydrogen) atoms. The maximum absolute atomic E-state index is 13.4. The molecule has 0 bridgehead atoms. The average molecular weight is 490 g/mol. The zero-order chi connectivity index (χ0) is 24.2. The van der Waals surface area contributed by atoms with E-state index in [1.165, 1.54) is 50.1 Å². The zero-order valence-electron chi connectivity index (χ0n) is 19.6. The summed E-state index contributed by atoms with van der Waals surface area (Å²) in [6.45, 7) is 5.77. The van der Waals surface area contributed by atoms with Gasteiger partial charge in [-0.05, 0) is 45.2 Å². The minimum Gasteiger partial charge on any atom is -0.341 e. The average Bonchev–Trinajstić information content (AvgIpc) is 3.56. The molecule has 2 saturated heterocycles. The molecule has 1 aliphatic carbocycles. The normalized spacial score (nSPS) is 23.7. The maximum atomic E-state index is 13.4. The number of amides is 1. The number of anilines is 2. The van der Waals surface area contributed by atoms with Crippen molar-refractivity contribution in [3.05, 3.63) is 29.5 Å². The third kappa shape index (κ3) is 4.62. The van der Waals surface area contributed by atoms with E-state index in [2.05, 4.69) is 30.9 Å². The van der Waals surface area contributed by atoms with Crippen molar-refractivity contribution >= 4 is 17.7 Å². The van der Waals surface area contributed by atoms with Gasteiger partial charge in [-0.1, -0.05) is 0 Å². The van der Waals surface area contributed by atoms with Gasteiger partial charge in [0.05, 0.1) is 11.6 Å². The number of likely N-dealkylation sites (tertiary alicyclic amines) is 1. The number of alkyl halides is 3. The van der Waals surface area contributed by atoms with Crippen LogP contribution in [0.1, 0.15) is 73.4 Å². The first kappa shape index (κ1) is 22.8. The maximum Gasteiger partial charge on any atom is 0.396 e. The Bertz CT molecular complexity index is 1100. The number of hydrogen-bond donors (Lipinski definition) is 1. The fourth-order valence-electron chi connectivity index (χ4n) is 5.38. The molecule has 2 aromatic heterocycles. The summed E-state index contributed by atoms with van der Waals surface area (Å²) in [5, 5.41) is 2.50. The van der Waals surface area contributed by atoms with E-state index in [4.69, 9.17) is 4.98 Å². The molecule has 0 aromatic carbocycles. The largest absolute Gasteiger partial charge is 0.396 e. The van der Waals surface area contributed by atoms with E-state index in [1.54, 1.807) is 0 Å². The van der Waals surface area contributed by atoms with Gasteiger partial charge in [-0.2, -0.15) is 18.2 Å². The van der Waals surface area contributed by atoms with Crippen LogP contribution in [0.25, 0.3) is 0 Å². The first-order valence-corrected chi connectivity index (χ1v) is 12.6. The Morgan fingerprint density at radius 2 is 1.77 bits per heavy atom. The molecule has 11 heteroatoms. The Morgan fingerprint density at radius 3 is 2.43 bits per heavy atom. The summed E-state index contributed by atoms with van der Waals surface area (Å²) in [7, 11) is 0. The van der Waals surface area contributed by atoms with Crippen LogP contribution < -0.4 is 10.2 Å². The number of piperidine rings is 1. The molecule has 6 rings (SSSR count). The smallest absolute Gasteiger partial charge is 0.341 e. The van der Waals surface area contributed by atoms with Crippen molar-refractivity contribution in [2.24, 2.45) is 0 Å². The Morgan fingerprint density at radius 1 is 1.00 bits per heavy atom. The lowest BCUT2D eigenvalue weighted by molar-refractivity contribution is -0.156. The topological polar surface area (TPSA) is 79.2 Å². The molecule has 0 unspecified atom stereocenters. The second-order valence-corrected chi connectivity index (χ2v) is 10.3. The third-order valence-corrected chi connectivity index (χ3v) is 7.79. The van der Waals surface area contributed by atoms with E-state index in [0.717, 1.165) is 25.9 Å². The molecule has 1 saturated carbocycles. The number of carbonyl (C=O) groups is 1. The van der Waals surface area contributed by atoms with Crippen molar-refractivity contribution in [3.8, 4) is 0 Å². The minimum atomic E-state index is -4.51. The molecule has 0 radical (unpaired) electrons. The lowest BCUT2D eigenvalue weighted by atomic mass is 9.93. The molecule has 3 fully saturated rings. The fourth-order valence-corrected chi connectivity index (χ4v) is 5.38. The highest BCUT2D eigenvalue weighted by atomic mass is 19.4. The number of halogens is 3. The molecule has 3 aliphatic heterocycles. The molecule has 1 amide bonds. The molecular formula is C24H30F3N7O.